The fourth-order valence-corrected chi connectivity index (χ4v) is 3.12. The fourth-order valence-electron chi connectivity index (χ4n) is 2.50. The molecule has 0 amide bonds. The molecule has 23 heavy (non-hydrogen) atoms. The summed E-state index contributed by atoms with van der Waals surface area (Å²) in [5, 5.41) is 13.5. The van der Waals surface area contributed by atoms with Crippen LogP contribution in [0.25, 0.3) is 0 Å². The quantitative estimate of drug-likeness (QED) is 0.752. The van der Waals surface area contributed by atoms with Gasteiger partial charge in [0.15, 0.2) is 5.78 Å². The van der Waals surface area contributed by atoms with Crippen LogP contribution in [-0.4, -0.2) is 5.78 Å². The van der Waals surface area contributed by atoms with Crippen LogP contribution in [0.1, 0.15) is 34.8 Å². The van der Waals surface area contributed by atoms with E-state index in [1.54, 1.807) is 30.3 Å². The number of carbonyl (C=O) groups excluding carboxylic acids is 1. The Morgan fingerprint density at radius 2 is 1.78 bits per heavy atom. The number of Topliss-reactive ketones (excluding diaryl/α,β-unsaturated/α-hetero) is 1. The van der Waals surface area contributed by atoms with Crippen molar-refractivity contribution in [2.24, 2.45) is 5.92 Å². The Kier molecular flexibility index (Phi) is 4.56. The Morgan fingerprint density at radius 3 is 2.39 bits per heavy atom. The Labute approximate surface area is 144 Å². The van der Waals surface area contributed by atoms with Crippen LogP contribution in [0.4, 0.5) is 5.69 Å². The van der Waals surface area contributed by atoms with Crippen LogP contribution in [0, 0.1) is 17.2 Å². The molecule has 1 unspecified atom stereocenters. The second kappa shape index (κ2) is 6.62. The van der Waals surface area contributed by atoms with Gasteiger partial charge in [-0.1, -0.05) is 41.4 Å². The highest BCUT2D eigenvalue weighted by atomic mass is 35.5. The first-order chi connectivity index (χ1) is 11.1. The number of para-hydroxylation sites is 1. The zero-order valence-corrected chi connectivity index (χ0v) is 13.7. The maximum Gasteiger partial charge on any atom is 0.168 e. The Morgan fingerprint density at radius 1 is 1.13 bits per heavy atom. The number of ketones is 1. The lowest BCUT2D eigenvalue weighted by Gasteiger charge is -2.18. The third-order valence-corrected chi connectivity index (χ3v) is 4.52. The van der Waals surface area contributed by atoms with Gasteiger partial charge in [0.05, 0.1) is 6.07 Å². The number of rotatable bonds is 5. The van der Waals surface area contributed by atoms with E-state index in [0.717, 1.165) is 12.8 Å². The minimum absolute atomic E-state index is 0.113. The van der Waals surface area contributed by atoms with E-state index < -0.39 is 6.04 Å². The van der Waals surface area contributed by atoms with Gasteiger partial charge in [0.1, 0.15) is 6.04 Å². The molecule has 2 aromatic carbocycles. The van der Waals surface area contributed by atoms with E-state index >= 15 is 0 Å². The number of anilines is 1. The van der Waals surface area contributed by atoms with Gasteiger partial charge in [-0.2, -0.15) is 5.26 Å². The molecule has 0 spiro atoms. The summed E-state index contributed by atoms with van der Waals surface area (Å²) in [6, 6.07) is 13.8. The number of nitrogens with zero attached hydrogens (tertiary/aromatic N) is 1. The number of hydrogen-bond donors (Lipinski definition) is 1. The van der Waals surface area contributed by atoms with Crippen LogP contribution in [0.5, 0.6) is 0 Å². The molecule has 0 saturated heterocycles. The first-order valence-electron chi connectivity index (χ1n) is 7.35. The zero-order chi connectivity index (χ0) is 16.4. The molecule has 0 aliphatic heterocycles. The van der Waals surface area contributed by atoms with Crippen molar-refractivity contribution in [3.8, 4) is 6.07 Å². The van der Waals surface area contributed by atoms with E-state index in [4.69, 9.17) is 23.2 Å². The van der Waals surface area contributed by atoms with E-state index in [1.807, 2.05) is 12.1 Å². The number of carbonyl (C=O) groups is 1. The molecule has 0 aromatic heterocycles. The average Bonchev–Trinajstić information content (AvgIpc) is 3.38. The van der Waals surface area contributed by atoms with Crippen LogP contribution in [0.2, 0.25) is 10.0 Å². The van der Waals surface area contributed by atoms with Crippen LogP contribution >= 0.6 is 23.2 Å². The lowest BCUT2D eigenvalue weighted by molar-refractivity contribution is 0.0968. The molecule has 3 rings (SSSR count). The predicted octanol–water partition coefficient (Wildman–Crippen LogP) is 5.26. The summed E-state index contributed by atoms with van der Waals surface area (Å²) in [5.74, 6) is 0.234. The second-order valence-corrected chi connectivity index (χ2v) is 6.34. The van der Waals surface area contributed by atoms with Gasteiger partial charge in [0.25, 0.3) is 0 Å². The molecule has 1 fully saturated rings. The molecule has 5 heteroatoms. The van der Waals surface area contributed by atoms with Gasteiger partial charge in [-0.15, -0.1) is 0 Å². The molecule has 1 N–H and O–H groups in total. The molecule has 2 aromatic rings. The number of hydrogen-bond acceptors (Lipinski definition) is 3. The van der Waals surface area contributed by atoms with E-state index in [-0.39, 0.29) is 11.7 Å². The molecule has 1 saturated carbocycles. The van der Waals surface area contributed by atoms with Crippen molar-refractivity contribution in [3.05, 3.63) is 63.6 Å². The maximum atomic E-state index is 12.4. The Balaban J connectivity index is 1.94. The van der Waals surface area contributed by atoms with Crippen LogP contribution in [0.15, 0.2) is 42.5 Å². The summed E-state index contributed by atoms with van der Waals surface area (Å²) in [6.07, 6.45) is 1.87. The van der Waals surface area contributed by atoms with Crippen LogP contribution in [-0.2, 0) is 0 Å². The van der Waals surface area contributed by atoms with Gasteiger partial charge >= 0.3 is 0 Å². The van der Waals surface area contributed by atoms with Gasteiger partial charge in [0.2, 0.25) is 0 Å². The predicted molar refractivity (Wildman–Crippen MR) is 91.9 cm³/mol. The summed E-state index contributed by atoms with van der Waals surface area (Å²) in [6.45, 7) is 0. The highest BCUT2D eigenvalue weighted by Crippen LogP contribution is 2.36. The first-order valence-corrected chi connectivity index (χ1v) is 8.10. The van der Waals surface area contributed by atoms with E-state index in [2.05, 4.69) is 11.4 Å². The lowest BCUT2D eigenvalue weighted by Crippen LogP contribution is -2.13. The molecule has 0 radical (unpaired) electrons. The first kappa shape index (κ1) is 15.9. The van der Waals surface area contributed by atoms with Gasteiger partial charge in [-0.05, 0) is 37.1 Å². The molecule has 0 heterocycles. The molecule has 0 bridgehead atoms. The molecular weight excluding hydrogens is 331 g/mol. The highest BCUT2D eigenvalue weighted by molar-refractivity contribution is 6.36. The van der Waals surface area contributed by atoms with Crippen molar-refractivity contribution < 1.29 is 4.79 Å². The molecule has 1 aliphatic carbocycles. The largest absolute Gasteiger partial charge is 0.366 e. The SMILES string of the molecule is N#CC(Nc1ccccc1C(=O)C1CC1)c1c(Cl)cccc1Cl. The standard InChI is InChI=1S/C18H14Cl2N2O/c19-13-5-3-6-14(20)17(13)16(10-21)22-15-7-2-1-4-12(15)18(23)11-8-9-11/h1-7,11,16,22H,8-9H2. The number of nitriles is 1. The zero-order valence-electron chi connectivity index (χ0n) is 12.2. The molecule has 1 aliphatic rings. The Bertz CT molecular complexity index is 774. The van der Waals surface area contributed by atoms with E-state index in [9.17, 15) is 10.1 Å². The smallest absolute Gasteiger partial charge is 0.168 e. The van der Waals surface area contributed by atoms with Crippen molar-refractivity contribution >= 4 is 34.7 Å². The summed E-state index contributed by atoms with van der Waals surface area (Å²) < 4.78 is 0. The Hall–Kier alpha value is -2.02. The summed E-state index contributed by atoms with van der Waals surface area (Å²) in [7, 11) is 0. The van der Waals surface area contributed by atoms with Crippen molar-refractivity contribution in [3.63, 3.8) is 0 Å². The molecule has 3 nitrogen and oxygen atoms in total. The van der Waals surface area contributed by atoms with E-state index in [1.165, 1.54) is 0 Å². The number of nitrogens with one attached hydrogen (secondary N) is 1. The van der Waals surface area contributed by atoms with Gasteiger partial charge in [-0.3, -0.25) is 4.79 Å². The molecule has 116 valence electrons. The van der Waals surface area contributed by atoms with E-state index in [0.29, 0.717) is 26.9 Å². The normalized spacial score (nSPS) is 14.8. The van der Waals surface area contributed by atoms with Crippen molar-refractivity contribution in [1.82, 2.24) is 0 Å². The average molecular weight is 345 g/mol. The number of benzene rings is 2. The monoisotopic (exact) mass is 344 g/mol. The highest BCUT2D eigenvalue weighted by Gasteiger charge is 2.32. The maximum absolute atomic E-state index is 12.4. The van der Waals surface area contributed by atoms with Gasteiger partial charge in [0, 0.05) is 32.8 Å². The second-order valence-electron chi connectivity index (χ2n) is 5.53. The van der Waals surface area contributed by atoms with Crippen molar-refractivity contribution in [2.45, 2.75) is 18.9 Å². The fraction of sp³-hybridized carbons (Fsp3) is 0.222. The minimum Gasteiger partial charge on any atom is -0.366 e. The lowest BCUT2D eigenvalue weighted by atomic mass is 10.0. The van der Waals surface area contributed by atoms with Crippen molar-refractivity contribution in [2.75, 3.05) is 5.32 Å². The molecular formula is C18H14Cl2N2O. The van der Waals surface area contributed by atoms with Gasteiger partial charge in [-0.25, -0.2) is 0 Å². The van der Waals surface area contributed by atoms with Crippen LogP contribution in [0.3, 0.4) is 0 Å². The summed E-state index contributed by atoms with van der Waals surface area (Å²) in [5.41, 5.74) is 1.76. The third-order valence-electron chi connectivity index (χ3n) is 3.86. The third kappa shape index (κ3) is 3.34. The van der Waals surface area contributed by atoms with Gasteiger partial charge < -0.3 is 5.32 Å². The summed E-state index contributed by atoms with van der Waals surface area (Å²) >= 11 is 12.4. The molecule has 1 atom stereocenters. The minimum atomic E-state index is -0.732. The summed E-state index contributed by atoms with van der Waals surface area (Å²) in [4.78, 5) is 12.4. The van der Waals surface area contributed by atoms with Crippen molar-refractivity contribution in [1.29, 1.82) is 5.26 Å². The number of halogens is 2. The van der Waals surface area contributed by atoms with Crippen LogP contribution < -0.4 is 5.32 Å². The topological polar surface area (TPSA) is 52.9 Å².